The minimum absolute atomic E-state index is 0.133. The van der Waals surface area contributed by atoms with Gasteiger partial charge in [-0.1, -0.05) is 34.4 Å². The molecule has 3 rings (SSSR count). The quantitative estimate of drug-likeness (QED) is 0.540. The Bertz CT molecular complexity index is 963. The second-order valence-electron chi connectivity index (χ2n) is 5.41. The SMILES string of the molecule is Cc1ccc2[nH]c(O)c(N=NC(=O)Nc3cccc(Cl)c3C)c2c1. The fourth-order valence-corrected chi connectivity index (χ4v) is 2.53. The van der Waals surface area contributed by atoms with E-state index in [-0.39, 0.29) is 11.6 Å². The fraction of sp³-hybridized carbons (Fsp3) is 0.118. The number of amides is 2. The van der Waals surface area contributed by atoms with Gasteiger partial charge >= 0.3 is 6.03 Å². The molecule has 0 unspecified atom stereocenters. The molecule has 0 aliphatic rings. The third-order valence-electron chi connectivity index (χ3n) is 3.66. The van der Waals surface area contributed by atoms with E-state index in [2.05, 4.69) is 20.5 Å². The number of aryl methyl sites for hydroxylation is 1. The van der Waals surface area contributed by atoms with Crippen LogP contribution in [0.5, 0.6) is 5.88 Å². The van der Waals surface area contributed by atoms with Crippen LogP contribution in [0.4, 0.5) is 16.2 Å². The molecular formula is C17H15ClN4O2. The van der Waals surface area contributed by atoms with E-state index in [1.54, 1.807) is 25.1 Å². The first kappa shape index (κ1) is 16.0. The number of urea groups is 1. The number of fused-ring (bicyclic) bond motifs is 1. The molecule has 0 radical (unpaired) electrons. The number of benzene rings is 2. The number of aromatic hydroxyl groups is 1. The van der Waals surface area contributed by atoms with Crippen molar-refractivity contribution < 1.29 is 9.90 Å². The molecule has 0 atom stereocenters. The molecule has 0 aliphatic heterocycles. The van der Waals surface area contributed by atoms with Gasteiger partial charge in [-0.25, -0.2) is 4.79 Å². The molecule has 0 saturated carbocycles. The Kier molecular flexibility index (Phi) is 4.22. The second-order valence-corrected chi connectivity index (χ2v) is 5.82. The largest absolute Gasteiger partial charge is 0.493 e. The Morgan fingerprint density at radius 3 is 2.83 bits per heavy atom. The summed E-state index contributed by atoms with van der Waals surface area (Å²) >= 11 is 6.01. The number of azo groups is 1. The molecule has 122 valence electrons. The molecule has 1 aromatic heterocycles. The number of hydrogen-bond donors (Lipinski definition) is 3. The Hall–Kier alpha value is -2.86. The third kappa shape index (κ3) is 3.09. The zero-order chi connectivity index (χ0) is 17.3. The maximum absolute atomic E-state index is 12.0. The standard InChI is InChI=1S/C17H15ClN4O2/c1-9-6-7-14-11(8-9)15(16(23)19-14)21-22-17(24)20-13-5-3-4-12(18)10(13)2/h3-8,19,23H,1-2H3,(H,20,24). The lowest BCUT2D eigenvalue weighted by atomic mass is 10.2. The highest BCUT2D eigenvalue weighted by Crippen LogP contribution is 2.36. The summed E-state index contributed by atoms with van der Waals surface area (Å²) in [6, 6.07) is 10.1. The van der Waals surface area contributed by atoms with Crippen LogP contribution in [0, 0.1) is 13.8 Å². The van der Waals surface area contributed by atoms with Gasteiger partial charge in [0.15, 0.2) is 5.69 Å². The first-order valence-electron chi connectivity index (χ1n) is 7.25. The van der Waals surface area contributed by atoms with Crippen molar-refractivity contribution in [2.75, 3.05) is 5.32 Å². The number of nitrogens with one attached hydrogen (secondary N) is 2. The zero-order valence-corrected chi connectivity index (χ0v) is 13.8. The van der Waals surface area contributed by atoms with E-state index >= 15 is 0 Å². The number of rotatable bonds is 2. The van der Waals surface area contributed by atoms with Gasteiger partial charge in [-0.3, -0.25) is 0 Å². The molecule has 0 spiro atoms. The summed E-state index contributed by atoms with van der Waals surface area (Å²) in [5.74, 6) is -0.133. The molecule has 0 saturated heterocycles. The van der Waals surface area contributed by atoms with Crippen molar-refractivity contribution in [1.29, 1.82) is 0 Å². The minimum Gasteiger partial charge on any atom is -0.493 e. The van der Waals surface area contributed by atoms with Crippen molar-refractivity contribution in [2.24, 2.45) is 10.2 Å². The normalized spacial score (nSPS) is 11.3. The van der Waals surface area contributed by atoms with Gasteiger partial charge in [0.05, 0.1) is 5.52 Å². The molecular weight excluding hydrogens is 328 g/mol. The molecule has 7 heteroatoms. The number of carbonyl (C=O) groups excluding carboxylic acids is 1. The maximum Gasteiger partial charge on any atom is 0.364 e. The van der Waals surface area contributed by atoms with Gasteiger partial charge in [0.25, 0.3) is 0 Å². The highest BCUT2D eigenvalue weighted by atomic mass is 35.5. The highest BCUT2D eigenvalue weighted by Gasteiger charge is 2.11. The van der Waals surface area contributed by atoms with Crippen LogP contribution in [0.3, 0.4) is 0 Å². The first-order valence-corrected chi connectivity index (χ1v) is 7.62. The molecule has 24 heavy (non-hydrogen) atoms. The fourth-order valence-electron chi connectivity index (χ4n) is 2.36. The van der Waals surface area contributed by atoms with E-state index in [1.165, 1.54) is 0 Å². The van der Waals surface area contributed by atoms with Crippen molar-refractivity contribution in [3.8, 4) is 5.88 Å². The van der Waals surface area contributed by atoms with Crippen LogP contribution >= 0.6 is 11.6 Å². The van der Waals surface area contributed by atoms with Gasteiger partial charge in [-0.2, -0.15) is 0 Å². The monoisotopic (exact) mass is 342 g/mol. The number of nitrogens with zero attached hydrogens (tertiary/aromatic N) is 2. The molecule has 2 aromatic carbocycles. The summed E-state index contributed by atoms with van der Waals surface area (Å²) in [4.78, 5) is 14.8. The lowest BCUT2D eigenvalue weighted by molar-refractivity contribution is 0.258. The van der Waals surface area contributed by atoms with E-state index in [0.717, 1.165) is 16.6 Å². The minimum atomic E-state index is -0.651. The van der Waals surface area contributed by atoms with Crippen LogP contribution in [0.1, 0.15) is 11.1 Å². The van der Waals surface area contributed by atoms with Crippen LogP contribution in [-0.2, 0) is 0 Å². The summed E-state index contributed by atoms with van der Waals surface area (Å²) in [6.45, 7) is 3.72. The van der Waals surface area contributed by atoms with E-state index < -0.39 is 6.03 Å². The highest BCUT2D eigenvalue weighted by molar-refractivity contribution is 6.31. The number of anilines is 1. The van der Waals surface area contributed by atoms with Crippen LogP contribution in [-0.4, -0.2) is 16.1 Å². The van der Waals surface area contributed by atoms with E-state index in [4.69, 9.17) is 11.6 Å². The Labute approximate surface area is 143 Å². The van der Waals surface area contributed by atoms with Crippen LogP contribution < -0.4 is 5.32 Å². The molecule has 6 nitrogen and oxygen atoms in total. The molecule has 2 amide bonds. The summed E-state index contributed by atoms with van der Waals surface area (Å²) < 4.78 is 0. The first-order chi connectivity index (χ1) is 11.5. The molecule has 0 fully saturated rings. The van der Waals surface area contributed by atoms with E-state index in [1.807, 2.05) is 25.1 Å². The number of aromatic amines is 1. The summed E-state index contributed by atoms with van der Waals surface area (Å²) in [5, 5.41) is 21.3. The molecule has 3 N–H and O–H groups in total. The van der Waals surface area contributed by atoms with Crippen molar-refractivity contribution in [3.63, 3.8) is 0 Å². The van der Waals surface area contributed by atoms with Gasteiger partial charge in [0.2, 0.25) is 5.88 Å². The summed E-state index contributed by atoms with van der Waals surface area (Å²) in [7, 11) is 0. The topological polar surface area (TPSA) is 89.8 Å². The molecule has 1 heterocycles. The van der Waals surface area contributed by atoms with Gasteiger partial charge in [-0.05, 0) is 43.7 Å². The van der Waals surface area contributed by atoms with Crippen LogP contribution in [0.25, 0.3) is 10.9 Å². The Balaban J connectivity index is 1.85. The van der Waals surface area contributed by atoms with Crippen molar-refractivity contribution >= 4 is 39.9 Å². The van der Waals surface area contributed by atoms with Gasteiger partial charge in [0, 0.05) is 16.1 Å². The van der Waals surface area contributed by atoms with Gasteiger partial charge < -0.3 is 15.4 Å². The van der Waals surface area contributed by atoms with Gasteiger partial charge in [-0.15, -0.1) is 5.11 Å². The third-order valence-corrected chi connectivity index (χ3v) is 4.07. The smallest absolute Gasteiger partial charge is 0.364 e. The van der Waals surface area contributed by atoms with Crippen molar-refractivity contribution in [1.82, 2.24) is 4.98 Å². The van der Waals surface area contributed by atoms with E-state index in [9.17, 15) is 9.90 Å². The van der Waals surface area contributed by atoms with E-state index in [0.29, 0.717) is 16.1 Å². The predicted molar refractivity (Wildman–Crippen MR) is 94.4 cm³/mol. The number of halogens is 1. The molecule has 0 bridgehead atoms. The zero-order valence-electron chi connectivity index (χ0n) is 13.1. The number of H-pyrrole nitrogens is 1. The lowest BCUT2D eigenvalue weighted by Gasteiger charge is -2.06. The number of carbonyl (C=O) groups is 1. The van der Waals surface area contributed by atoms with Gasteiger partial charge in [0.1, 0.15) is 0 Å². The maximum atomic E-state index is 12.0. The summed E-state index contributed by atoms with van der Waals surface area (Å²) in [5.41, 5.74) is 3.26. The number of hydrogen-bond acceptors (Lipinski definition) is 3. The summed E-state index contributed by atoms with van der Waals surface area (Å²) in [6.07, 6.45) is 0. The molecule has 3 aromatic rings. The van der Waals surface area contributed by atoms with Crippen molar-refractivity contribution in [2.45, 2.75) is 13.8 Å². The predicted octanol–water partition coefficient (Wildman–Crippen LogP) is 5.46. The second kappa shape index (κ2) is 6.33. The Morgan fingerprint density at radius 2 is 2.04 bits per heavy atom. The average molecular weight is 343 g/mol. The molecule has 0 aliphatic carbocycles. The Morgan fingerprint density at radius 1 is 1.25 bits per heavy atom. The average Bonchev–Trinajstić information content (AvgIpc) is 2.84. The van der Waals surface area contributed by atoms with Crippen LogP contribution in [0.2, 0.25) is 5.02 Å². The lowest BCUT2D eigenvalue weighted by Crippen LogP contribution is -2.06. The number of aromatic nitrogens is 1. The van der Waals surface area contributed by atoms with Crippen LogP contribution in [0.15, 0.2) is 46.6 Å². The van der Waals surface area contributed by atoms with Crippen molar-refractivity contribution in [3.05, 3.63) is 52.5 Å².